The maximum atomic E-state index is 10.9. The van der Waals surface area contributed by atoms with Crippen molar-refractivity contribution in [3.05, 3.63) is 11.2 Å². The van der Waals surface area contributed by atoms with Crippen molar-refractivity contribution in [2.75, 3.05) is 7.11 Å². The monoisotopic (exact) mass is 144 g/mol. The second-order valence-electron chi connectivity index (χ2n) is 1.83. The summed E-state index contributed by atoms with van der Waals surface area (Å²) in [5, 5.41) is 1.81. The largest absolute Gasteiger partial charge is 0.492 e. The lowest BCUT2D eigenvalue weighted by atomic mass is 10.3. The van der Waals surface area contributed by atoms with Crippen LogP contribution in [0, 0.1) is 0 Å². The van der Waals surface area contributed by atoms with Crippen molar-refractivity contribution in [3.63, 3.8) is 0 Å². The predicted molar refractivity (Wildman–Crippen MR) is 37.2 cm³/mol. The minimum atomic E-state index is 0.0555. The van der Waals surface area contributed by atoms with Crippen LogP contribution in [0.15, 0.2) is 11.2 Å². The summed E-state index contributed by atoms with van der Waals surface area (Å²) in [4.78, 5) is 10.9. The van der Waals surface area contributed by atoms with E-state index in [9.17, 15) is 4.79 Å². The third-order valence-electron chi connectivity index (χ3n) is 1.21. The third-order valence-corrected chi connectivity index (χ3v) is 2.18. The highest BCUT2D eigenvalue weighted by Crippen LogP contribution is 2.26. The fraction of sp³-hybridized carbons (Fsp3) is 0.500. The number of carbonyl (C=O) groups excluding carboxylic acids is 1. The summed E-state index contributed by atoms with van der Waals surface area (Å²) in [6.45, 7) is 1.87. The number of Topliss-reactive ketones (excluding diaryl/α,β-unsaturated/α-hetero) is 1. The molecule has 0 aromatic carbocycles. The van der Waals surface area contributed by atoms with Gasteiger partial charge in [0.1, 0.15) is 0 Å². The van der Waals surface area contributed by atoms with E-state index in [0.717, 1.165) is 0 Å². The molecule has 1 unspecified atom stereocenters. The van der Waals surface area contributed by atoms with E-state index in [4.69, 9.17) is 4.74 Å². The van der Waals surface area contributed by atoms with E-state index in [1.807, 2.05) is 6.92 Å². The summed E-state index contributed by atoms with van der Waals surface area (Å²) in [7, 11) is 1.52. The molecule has 0 saturated heterocycles. The molecule has 0 radical (unpaired) electrons. The number of methoxy groups -OCH3 is 1. The van der Waals surface area contributed by atoms with Gasteiger partial charge in [-0.05, 0) is 6.92 Å². The Kier molecular flexibility index (Phi) is 1.81. The number of thioether (sulfide) groups is 1. The normalized spacial score (nSPS) is 26.2. The summed E-state index contributed by atoms with van der Waals surface area (Å²) in [5.41, 5.74) is 0. The fourth-order valence-corrected chi connectivity index (χ4v) is 1.41. The molecule has 1 atom stereocenters. The van der Waals surface area contributed by atoms with Gasteiger partial charge in [0, 0.05) is 5.41 Å². The van der Waals surface area contributed by atoms with Crippen LogP contribution in [0.2, 0.25) is 0 Å². The quantitative estimate of drug-likeness (QED) is 0.552. The molecule has 0 aliphatic carbocycles. The van der Waals surface area contributed by atoms with Crippen LogP contribution in [-0.4, -0.2) is 18.1 Å². The van der Waals surface area contributed by atoms with Crippen LogP contribution in [-0.2, 0) is 9.53 Å². The lowest BCUT2D eigenvalue weighted by Gasteiger charge is -1.98. The average Bonchev–Trinajstić information content (AvgIpc) is 2.15. The average molecular weight is 144 g/mol. The Morgan fingerprint density at radius 3 is 2.67 bits per heavy atom. The van der Waals surface area contributed by atoms with Gasteiger partial charge in [0.05, 0.1) is 12.4 Å². The van der Waals surface area contributed by atoms with Gasteiger partial charge >= 0.3 is 0 Å². The highest BCUT2D eigenvalue weighted by molar-refractivity contribution is 8.03. The molecule has 0 spiro atoms. The first kappa shape index (κ1) is 6.68. The minimum Gasteiger partial charge on any atom is -0.492 e. The van der Waals surface area contributed by atoms with Crippen LogP contribution in [0.1, 0.15) is 6.92 Å². The molecule has 1 rings (SSSR count). The van der Waals surface area contributed by atoms with E-state index in [0.29, 0.717) is 5.76 Å². The molecular formula is C6H8O2S. The molecule has 9 heavy (non-hydrogen) atoms. The minimum absolute atomic E-state index is 0.0555. The van der Waals surface area contributed by atoms with E-state index in [-0.39, 0.29) is 11.0 Å². The number of hydrogen-bond donors (Lipinski definition) is 0. The van der Waals surface area contributed by atoms with Crippen molar-refractivity contribution >= 4 is 17.5 Å². The van der Waals surface area contributed by atoms with Crippen LogP contribution >= 0.6 is 11.8 Å². The topological polar surface area (TPSA) is 26.3 Å². The summed E-state index contributed by atoms with van der Waals surface area (Å²) in [5.74, 6) is 0.593. The lowest BCUT2D eigenvalue weighted by molar-refractivity contribution is -0.117. The van der Waals surface area contributed by atoms with Crippen molar-refractivity contribution in [1.82, 2.24) is 0 Å². The van der Waals surface area contributed by atoms with E-state index >= 15 is 0 Å². The molecule has 0 fully saturated rings. The summed E-state index contributed by atoms with van der Waals surface area (Å²) < 4.78 is 4.78. The van der Waals surface area contributed by atoms with Gasteiger partial charge in [-0.15, -0.1) is 11.8 Å². The van der Waals surface area contributed by atoms with Crippen molar-refractivity contribution < 1.29 is 9.53 Å². The molecule has 3 heteroatoms. The summed E-state index contributed by atoms with van der Waals surface area (Å²) in [6, 6.07) is 0. The first-order valence-electron chi connectivity index (χ1n) is 2.69. The SMILES string of the molecule is COC1=CSC(C)C1=O. The van der Waals surface area contributed by atoms with Crippen molar-refractivity contribution in [2.45, 2.75) is 12.2 Å². The smallest absolute Gasteiger partial charge is 0.210 e. The zero-order chi connectivity index (χ0) is 6.85. The Morgan fingerprint density at radius 2 is 2.44 bits per heavy atom. The predicted octanol–water partition coefficient (Wildman–Crippen LogP) is 1.18. The number of ketones is 1. The molecule has 0 bridgehead atoms. The zero-order valence-electron chi connectivity index (χ0n) is 5.38. The highest BCUT2D eigenvalue weighted by Gasteiger charge is 2.24. The molecule has 1 aliphatic rings. The maximum Gasteiger partial charge on any atom is 0.210 e. The van der Waals surface area contributed by atoms with Gasteiger partial charge in [-0.25, -0.2) is 0 Å². The molecule has 0 aromatic rings. The number of rotatable bonds is 1. The van der Waals surface area contributed by atoms with Crippen molar-refractivity contribution in [1.29, 1.82) is 0 Å². The van der Waals surface area contributed by atoms with Crippen LogP contribution in [0.4, 0.5) is 0 Å². The number of ether oxygens (including phenoxy) is 1. The molecule has 1 heterocycles. The van der Waals surface area contributed by atoms with Crippen LogP contribution in [0.25, 0.3) is 0 Å². The van der Waals surface area contributed by atoms with Gasteiger partial charge < -0.3 is 4.74 Å². The highest BCUT2D eigenvalue weighted by atomic mass is 32.2. The summed E-state index contributed by atoms with van der Waals surface area (Å²) >= 11 is 1.50. The van der Waals surface area contributed by atoms with E-state index in [1.165, 1.54) is 18.9 Å². The van der Waals surface area contributed by atoms with Gasteiger partial charge in [-0.1, -0.05) is 0 Å². The van der Waals surface area contributed by atoms with Gasteiger partial charge in [0.15, 0.2) is 5.76 Å². The molecule has 0 aromatic heterocycles. The van der Waals surface area contributed by atoms with Gasteiger partial charge in [-0.3, -0.25) is 4.79 Å². The number of carbonyl (C=O) groups is 1. The Balaban J connectivity index is 2.67. The standard InChI is InChI=1S/C6H8O2S/c1-4-6(7)5(8-2)3-9-4/h3-4H,1-2H3. The second-order valence-corrected chi connectivity index (χ2v) is 3.04. The van der Waals surface area contributed by atoms with Gasteiger partial charge in [-0.2, -0.15) is 0 Å². The van der Waals surface area contributed by atoms with Crippen LogP contribution in [0.3, 0.4) is 0 Å². The molecule has 2 nitrogen and oxygen atoms in total. The van der Waals surface area contributed by atoms with Gasteiger partial charge in [0.2, 0.25) is 5.78 Å². The second kappa shape index (κ2) is 2.43. The number of allylic oxidation sites excluding steroid dienone is 1. The molecule has 50 valence electrons. The Bertz CT molecular complexity index is 162. The Morgan fingerprint density at radius 1 is 1.78 bits per heavy atom. The Labute approximate surface area is 58.3 Å². The molecule has 0 saturated carbocycles. The van der Waals surface area contributed by atoms with E-state index in [2.05, 4.69) is 0 Å². The lowest BCUT2D eigenvalue weighted by Crippen LogP contribution is -2.10. The summed E-state index contributed by atoms with van der Waals surface area (Å²) in [6.07, 6.45) is 0. The molecule has 1 aliphatic heterocycles. The van der Waals surface area contributed by atoms with Crippen molar-refractivity contribution in [3.8, 4) is 0 Å². The van der Waals surface area contributed by atoms with Crippen molar-refractivity contribution in [2.24, 2.45) is 0 Å². The third kappa shape index (κ3) is 1.10. The maximum absolute atomic E-state index is 10.9. The van der Waals surface area contributed by atoms with E-state index in [1.54, 1.807) is 5.41 Å². The first-order valence-corrected chi connectivity index (χ1v) is 3.64. The molecular weight excluding hydrogens is 136 g/mol. The molecule has 0 amide bonds. The zero-order valence-corrected chi connectivity index (χ0v) is 6.20. The Hall–Kier alpha value is -0.440. The van der Waals surface area contributed by atoms with Crippen LogP contribution < -0.4 is 0 Å². The van der Waals surface area contributed by atoms with Crippen LogP contribution in [0.5, 0.6) is 0 Å². The van der Waals surface area contributed by atoms with Gasteiger partial charge in [0.25, 0.3) is 0 Å². The number of hydrogen-bond acceptors (Lipinski definition) is 3. The molecule has 0 N–H and O–H groups in total. The first-order chi connectivity index (χ1) is 4.25. The van der Waals surface area contributed by atoms with E-state index < -0.39 is 0 Å². The fourth-order valence-electron chi connectivity index (χ4n) is 0.633.